The number of anilines is 1. The first kappa shape index (κ1) is 29.1. The third-order valence-electron chi connectivity index (χ3n) is 8.21. The van der Waals surface area contributed by atoms with E-state index in [1.54, 1.807) is 0 Å². The number of nitrogens with zero attached hydrogens (tertiary/aromatic N) is 4. The number of alkyl halides is 2. The second-order valence-corrected chi connectivity index (χ2v) is 11.1. The van der Waals surface area contributed by atoms with Crippen molar-refractivity contribution in [3.63, 3.8) is 0 Å². The molecule has 0 amide bonds. The number of pyridine rings is 1. The van der Waals surface area contributed by atoms with E-state index in [2.05, 4.69) is 80.4 Å². The molecule has 37 heavy (non-hydrogen) atoms. The average molecular weight is 513 g/mol. The molecule has 4 nitrogen and oxygen atoms in total. The zero-order valence-corrected chi connectivity index (χ0v) is 23.5. The summed E-state index contributed by atoms with van der Waals surface area (Å²) in [6.45, 7) is 17.2. The summed E-state index contributed by atoms with van der Waals surface area (Å²) in [7, 11) is 0. The Bertz CT molecular complexity index is 975. The number of aromatic nitrogens is 1. The highest BCUT2D eigenvalue weighted by molar-refractivity contribution is 5.92. The third-order valence-corrected chi connectivity index (χ3v) is 8.21. The first-order chi connectivity index (χ1) is 17.6. The third kappa shape index (κ3) is 7.75. The van der Waals surface area contributed by atoms with E-state index in [0.29, 0.717) is 18.8 Å². The number of allylic oxidation sites excluding steroid dienone is 2. The molecule has 1 saturated heterocycles. The Labute approximate surface area is 223 Å². The van der Waals surface area contributed by atoms with Gasteiger partial charge < -0.3 is 9.80 Å². The van der Waals surface area contributed by atoms with E-state index < -0.39 is 5.92 Å². The summed E-state index contributed by atoms with van der Waals surface area (Å²) in [5.74, 6) is -1.88. The lowest BCUT2D eigenvalue weighted by molar-refractivity contribution is -0.0730. The van der Waals surface area contributed by atoms with Crippen molar-refractivity contribution in [3.05, 3.63) is 54.7 Å². The van der Waals surface area contributed by atoms with E-state index in [0.717, 1.165) is 61.4 Å². The van der Waals surface area contributed by atoms with Crippen LogP contribution >= 0.6 is 0 Å². The summed E-state index contributed by atoms with van der Waals surface area (Å²) in [6, 6.07) is 0.173. The van der Waals surface area contributed by atoms with Gasteiger partial charge in [-0.2, -0.15) is 0 Å². The van der Waals surface area contributed by atoms with Gasteiger partial charge in [0.05, 0.1) is 17.9 Å². The van der Waals surface area contributed by atoms with Crippen LogP contribution in [-0.4, -0.2) is 47.2 Å². The zero-order valence-electron chi connectivity index (χ0n) is 23.5. The Balaban J connectivity index is 1.67. The molecule has 2 aliphatic rings. The molecular weight excluding hydrogens is 466 g/mol. The molecule has 1 aliphatic heterocycles. The van der Waals surface area contributed by atoms with Gasteiger partial charge >= 0.3 is 0 Å². The van der Waals surface area contributed by atoms with E-state index in [1.807, 2.05) is 18.6 Å². The Morgan fingerprint density at radius 3 is 2.41 bits per heavy atom. The number of aryl methyl sites for hydroxylation is 1. The highest BCUT2D eigenvalue weighted by atomic mass is 19.3. The maximum absolute atomic E-state index is 13.7. The van der Waals surface area contributed by atoms with Gasteiger partial charge in [0.25, 0.3) is 0 Å². The van der Waals surface area contributed by atoms with Crippen LogP contribution in [0.15, 0.2) is 48.5 Å². The molecule has 0 aromatic carbocycles. The van der Waals surface area contributed by atoms with Gasteiger partial charge in [-0.3, -0.25) is 9.98 Å². The lowest BCUT2D eigenvalue weighted by atomic mass is 9.67. The van der Waals surface area contributed by atoms with Gasteiger partial charge in [0.2, 0.25) is 5.92 Å². The van der Waals surface area contributed by atoms with Crippen LogP contribution in [-0.2, 0) is 0 Å². The van der Waals surface area contributed by atoms with Gasteiger partial charge in [0, 0.05) is 61.6 Å². The van der Waals surface area contributed by atoms with Gasteiger partial charge in [0.15, 0.2) is 0 Å². The minimum atomic E-state index is -2.48. The molecular formula is C31H46F2N4. The minimum Gasteiger partial charge on any atom is -0.369 e. The SMILES string of the molecule is C=CN(/C=C\c1c(C)cncc1N1CC2(CCC(F)(F)CC2)C1)CC(CC)/N=C(C)/C=C\C(CC)CC. The van der Waals surface area contributed by atoms with E-state index in [4.69, 9.17) is 4.99 Å². The van der Waals surface area contributed by atoms with E-state index in [-0.39, 0.29) is 24.3 Å². The smallest absolute Gasteiger partial charge is 0.248 e. The maximum Gasteiger partial charge on any atom is 0.248 e. The molecule has 1 saturated carbocycles. The largest absolute Gasteiger partial charge is 0.369 e. The first-order valence-electron chi connectivity index (χ1n) is 14.0. The van der Waals surface area contributed by atoms with Crippen molar-refractivity contribution < 1.29 is 8.78 Å². The van der Waals surface area contributed by atoms with Gasteiger partial charge in [-0.25, -0.2) is 8.78 Å². The summed E-state index contributed by atoms with van der Waals surface area (Å²) in [5, 5.41) is 0. The fourth-order valence-corrected chi connectivity index (χ4v) is 5.46. The summed E-state index contributed by atoms with van der Waals surface area (Å²) >= 11 is 0. The molecule has 2 fully saturated rings. The van der Waals surface area contributed by atoms with Crippen molar-refractivity contribution in [2.24, 2.45) is 16.3 Å². The number of halogens is 2. The molecule has 6 heteroatoms. The van der Waals surface area contributed by atoms with E-state index in [1.165, 1.54) is 0 Å². The zero-order chi connectivity index (χ0) is 27.1. The number of aliphatic imine (C=N–C) groups is 1. The molecule has 1 aromatic rings. The Morgan fingerprint density at radius 1 is 1.14 bits per heavy atom. The molecule has 1 unspecified atom stereocenters. The maximum atomic E-state index is 13.7. The summed E-state index contributed by atoms with van der Waals surface area (Å²) in [6.07, 6.45) is 18.8. The Morgan fingerprint density at radius 2 is 1.81 bits per heavy atom. The van der Waals surface area contributed by atoms with Crippen molar-refractivity contribution in [1.82, 2.24) is 9.88 Å². The summed E-state index contributed by atoms with van der Waals surface area (Å²) < 4.78 is 27.4. The van der Waals surface area contributed by atoms with E-state index in [9.17, 15) is 8.78 Å². The van der Waals surface area contributed by atoms with Crippen molar-refractivity contribution >= 4 is 17.5 Å². The second-order valence-electron chi connectivity index (χ2n) is 11.1. The van der Waals surface area contributed by atoms with Crippen molar-refractivity contribution in [1.29, 1.82) is 0 Å². The van der Waals surface area contributed by atoms with E-state index >= 15 is 0 Å². The molecule has 2 heterocycles. The van der Waals surface area contributed by atoms with Crippen LogP contribution in [0.4, 0.5) is 14.5 Å². The Hall–Kier alpha value is -2.50. The molecule has 204 valence electrons. The predicted octanol–water partition coefficient (Wildman–Crippen LogP) is 8.05. The second kappa shape index (κ2) is 12.8. The van der Waals surface area contributed by atoms with Crippen LogP contribution in [0.1, 0.15) is 83.8 Å². The van der Waals surface area contributed by atoms with Crippen LogP contribution < -0.4 is 4.90 Å². The van der Waals surface area contributed by atoms with Crippen LogP contribution in [0.5, 0.6) is 0 Å². The highest BCUT2D eigenvalue weighted by Gasteiger charge is 2.50. The van der Waals surface area contributed by atoms with Gasteiger partial charge in [-0.05, 0) is 75.8 Å². The average Bonchev–Trinajstić information content (AvgIpc) is 2.86. The Kier molecular flexibility index (Phi) is 10.1. The standard InChI is InChI=1S/C31H46F2N4/c1-7-26(8-2)12-11-25(6)35-27(9-3)21-36(10-4)18-13-28-24(5)19-34-20-29(28)37-22-30(23-37)14-16-31(32,33)17-15-30/h10-13,18-20,26-27H,4,7-9,14-17,21-23H2,1-3,5-6H3/b12-11-,18-13-,35-25+. The van der Waals surface area contributed by atoms with Crippen molar-refractivity contribution in [2.75, 3.05) is 24.5 Å². The lowest BCUT2D eigenvalue weighted by Gasteiger charge is -2.54. The van der Waals surface area contributed by atoms with Crippen LogP contribution in [0.2, 0.25) is 0 Å². The van der Waals surface area contributed by atoms with Gasteiger partial charge in [-0.1, -0.05) is 33.4 Å². The quantitative estimate of drug-likeness (QED) is 0.266. The predicted molar refractivity (Wildman–Crippen MR) is 153 cm³/mol. The van der Waals surface area contributed by atoms with Gasteiger partial charge in [-0.15, -0.1) is 0 Å². The van der Waals surface area contributed by atoms with Crippen LogP contribution in [0.25, 0.3) is 6.08 Å². The fourth-order valence-electron chi connectivity index (χ4n) is 5.46. The minimum absolute atomic E-state index is 0.0160. The van der Waals surface area contributed by atoms with Crippen molar-refractivity contribution in [3.8, 4) is 0 Å². The molecule has 1 aliphatic carbocycles. The molecule has 0 bridgehead atoms. The molecule has 1 aromatic heterocycles. The van der Waals surface area contributed by atoms with Crippen LogP contribution in [0.3, 0.4) is 0 Å². The molecule has 1 spiro atoms. The summed E-state index contributed by atoms with van der Waals surface area (Å²) in [4.78, 5) is 13.8. The molecule has 1 atom stereocenters. The topological polar surface area (TPSA) is 31.7 Å². The monoisotopic (exact) mass is 512 g/mol. The normalized spacial score (nSPS) is 20.1. The molecule has 0 radical (unpaired) electrons. The number of hydrogen-bond acceptors (Lipinski definition) is 4. The first-order valence-corrected chi connectivity index (χ1v) is 14.0. The highest BCUT2D eigenvalue weighted by Crippen LogP contribution is 2.50. The van der Waals surface area contributed by atoms with Gasteiger partial charge in [0.1, 0.15) is 0 Å². The number of rotatable bonds is 12. The lowest BCUT2D eigenvalue weighted by Crippen LogP contribution is -2.59. The molecule has 0 N–H and O–H groups in total. The fraction of sp³-hybridized carbons (Fsp3) is 0.613. The van der Waals surface area contributed by atoms with Crippen molar-refractivity contribution in [2.45, 2.75) is 91.5 Å². The summed E-state index contributed by atoms with van der Waals surface area (Å²) in [5.41, 5.74) is 4.40. The number of hydrogen-bond donors (Lipinski definition) is 0. The van der Waals surface area contributed by atoms with Crippen LogP contribution in [0, 0.1) is 18.3 Å². The molecule has 3 rings (SSSR count).